The van der Waals surface area contributed by atoms with E-state index in [1.807, 2.05) is 20.8 Å². The van der Waals surface area contributed by atoms with Crippen LogP contribution in [0.3, 0.4) is 0 Å². The third kappa shape index (κ3) is 2.90. The van der Waals surface area contributed by atoms with Gasteiger partial charge < -0.3 is 20.1 Å². The van der Waals surface area contributed by atoms with E-state index in [1.165, 1.54) is 0 Å². The van der Waals surface area contributed by atoms with Gasteiger partial charge in [0.2, 0.25) is 0 Å². The molecular weight excluding hydrogens is 220 g/mol. The number of hydrogen-bond donors (Lipinski definition) is 1. The summed E-state index contributed by atoms with van der Waals surface area (Å²) in [7, 11) is 0. The van der Waals surface area contributed by atoms with E-state index in [9.17, 15) is 4.79 Å². The van der Waals surface area contributed by atoms with Crippen molar-refractivity contribution in [2.24, 2.45) is 11.7 Å². The maximum Gasteiger partial charge on any atom is 0.410 e. The van der Waals surface area contributed by atoms with E-state index >= 15 is 0 Å². The quantitative estimate of drug-likeness (QED) is 0.744. The number of hydrogen-bond acceptors (Lipinski definition) is 4. The number of carbonyl (C=O) groups is 1. The number of likely N-dealkylation sites (tertiary alicyclic amines) is 1. The second-order valence-corrected chi connectivity index (χ2v) is 5.91. The van der Waals surface area contributed by atoms with Gasteiger partial charge in [0.1, 0.15) is 5.60 Å². The van der Waals surface area contributed by atoms with Crippen LogP contribution in [0.2, 0.25) is 0 Å². The normalized spacial score (nSPS) is 32.7. The van der Waals surface area contributed by atoms with Crippen LogP contribution in [0.25, 0.3) is 0 Å². The van der Waals surface area contributed by atoms with Gasteiger partial charge in [0.05, 0.1) is 18.8 Å². The first kappa shape index (κ1) is 12.6. The van der Waals surface area contributed by atoms with Crippen molar-refractivity contribution in [1.82, 2.24) is 4.90 Å². The van der Waals surface area contributed by atoms with Crippen LogP contribution < -0.4 is 5.73 Å². The Labute approximate surface area is 102 Å². The highest BCUT2D eigenvalue weighted by molar-refractivity contribution is 5.68. The molecule has 2 aliphatic heterocycles. The maximum absolute atomic E-state index is 11.9. The van der Waals surface area contributed by atoms with E-state index in [1.54, 1.807) is 4.90 Å². The Morgan fingerprint density at radius 1 is 1.47 bits per heavy atom. The summed E-state index contributed by atoms with van der Waals surface area (Å²) in [6.07, 6.45) is 1.04. The summed E-state index contributed by atoms with van der Waals surface area (Å²) >= 11 is 0. The lowest BCUT2D eigenvalue weighted by atomic mass is 10.0. The van der Waals surface area contributed by atoms with Gasteiger partial charge in [0.15, 0.2) is 0 Å². The summed E-state index contributed by atoms with van der Waals surface area (Å²) < 4.78 is 11.1. The van der Waals surface area contributed by atoms with Gasteiger partial charge in [0.25, 0.3) is 0 Å². The van der Waals surface area contributed by atoms with E-state index in [0.717, 1.165) is 13.0 Å². The van der Waals surface area contributed by atoms with Gasteiger partial charge in [-0.2, -0.15) is 0 Å². The third-order valence-corrected chi connectivity index (χ3v) is 3.23. The van der Waals surface area contributed by atoms with Crippen molar-refractivity contribution in [2.75, 3.05) is 19.6 Å². The van der Waals surface area contributed by atoms with Crippen LogP contribution in [-0.2, 0) is 9.47 Å². The van der Waals surface area contributed by atoms with E-state index < -0.39 is 5.60 Å². The van der Waals surface area contributed by atoms with Gasteiger partial charge in [-0.25, -0.2) is 4.79 Å². The van der Waals surface area contributed by atoms with Crippen molar-refractivity contribution in [2.45, 2.75) is 45.0 Å². The number of fused-ring (bicyclic) bond motifs is 1. The molecule has 3 atom stereocenters. The molecule has 0 saturated carbocycles. The zero-order valence-electron chi connectivity index (χ0n) is 10.8. The van der Waals surface area contributed by atoms with Crippen LogP contribution in [0.1, 0.15) is 27.2 Å². The summed E-state index contributed by atoms with van der Waals surface area (Å²) in [4.78, 5) is 13.6. The van der Waals surface area contributed by atoms with Gasteiger partial charge in [0, 0.05) is 19.0 Å². The van der Waals surface area contributed by atoms with E-state index in [4.69, 9.17) is 15.2 Å². The van der Waals surface area contributed by atoms with E-state index in [2.05, 4.69) is 0 Å². The molecule has 0 aromatic heterocycles. The molecule has 1 amide bonds. The van der Waals surface area contributed by atoms with Crippen LogP contribution in [0, 0.1) is 5.92 Å². The van der Waals surface area contributed by atoms with Crippen molar-refractivity contribution in [3.63, 3.8) is 0 Å². The Morgan fingerprint density at radius 2 is 2.18 bits per heavy atom. The zero-order chi connectivity index (χ0) is 12.6. The van der Waals surface area contributed by atoms with Crippen LogP contribution in [0.15, 0.2) is 0 Å². The Balaban J connectivity index is 1.86. The average Bonchev–Trinajstić information content (AvgIpc) is 2.70. The smallest absolute Gasteiger partial charge is 0.410 e. The van der Waals surface area contributed by atoms with Crippen LogP contribution in [0.4, 0.5) is 4.79 Å². The summed E-state index contributed by atoms with van der Waals surface area (Å²) in [6.45, 7) is 7.57. The Morgan fingerprint density at radius 3 is 2.71 bits per heavy atom. The largest absolute Gasteiger partial charge is 0.444 e. The summed E-state index contributed by atoms with van der Waals surface area (Å²) in [5.41, 5.74) is 5.15. The van der Waals surface area contributed by atoms with Crippen LogP contribution in [-0.4, -0.2) is 48.4 Å². The highest BCUT2D eigenvalue weighted by Crippen LogP contribution is 2.33. The summed E-state index contributed by atoms with van der Waals surface area (Å²) in [5.74, 6) is 0.427. The number of amides is 1. The third-order valence-electron chi connectivity index (χ3n) is 3.23. The van der Waals surface area contributed by atoms with E-state index in [-0.39, 0.29) is 18.3 Å². The molecule has 2 aliphatic rings. The van der Waals surface area contributed by atoms with Crippen molar-refractivity contribution < 1.29 is 14.3 Å². The first-order chi connectivity index (χ1) is 7.89. The molecule has 2 fully saturated rings. The molecule has 5 heteroatoms. The molecule has 0 spiro atoms. The molecular formula is C12H22N2O3. The van der Waals surface area contributed by atoms with Gasteiger partial charge in [-0.3, -0.25) is 0 Å². The van der Waals surface area contributed by atoms with Crippen LogP contribution in [0.5, 0.6) is 0 Å². The van der Waals surface area contributed by atoms with Crippen molar-refractivity contribution in [3.8, 4) is 0 Å². The van der Waals surface area contributed by atoms with E-state index in [0.29, 0.717) is 19.0 Å². The average molecular weight is 242 g/mol. The molecule has 0 unspecified atom stereocenters. The zero-order valence-corrected chi connectivity index (χ0v) is 10.8. The topological polar surface area (TPSA) is 64.8 Å². The molecule has 0 aromatic carbocycles. The summed E-state index contributed by atoms with van der Waals surface area (Å²) in [5, 5.41) is 0. The maximum atomic E-state index is 11.9. The van der Waals surface area contributed by atoms with Crippen molar-refractivity contribution in [1.29, 1.82) is 0 Å². The first-order valence-corrected chi connectivity index (χ1v) is 6.22. The predicted molar refractivity (Wildman–Crippen MR) is 63.6 cm³/mol. The van der Waals surface area contributed by atoms with Gasteiger partial charge in [-0.15, -0.1) is 0 Å². The van der Waals surface area contributed by atoms with Gasteiger partial charge in [-0.1, -0.05) is 0 Å². The molecule has 0 aliphatic carbocycles. The minimum atomic E-state index is -0.435. The molecule has 2 N–H and O–H groups in total. The Hall–Kier alpha value is -0.810. The van der Waals surface area contributed by atoms with Crippen molar-refractivity contribution in [3.05, 3.63) is 0 Å². The first-order valence-electron chi connectivity index (χ1n) is 6.22. The highest BCUT2D eigenvalue weighted by atomic mass is 16.6. The molecule has 17 heavy (non-hydrogen) atoms. The second-order valence-electron chi connectivity index (χ2n) is 5.91. The number of nitrogens with two attached hydrogens (primary N) is 1. The number of rotatable bonds is 1. The van der Waals surface area contributed by atoms with Crippen molar-refractivity contribution >= 4 is 6.09 Å². The SMILES string of the molecule is CC(C)(C)OC(=O)N1C[C@H]2C[C@H](CN)O[C@H]2C1. The fourth-order valence-electron chi connectivity index (χ4n) is 2.49. The fourth-order valence-corrected chi connectivity index (χ4v) is 2.49. The number of nitrogens with zero attached hydrogens (tertiary/aromatic N) is 1. The van der Waals surface area contributed by atoms with Gasteiger partial charge >= 0.3 is 6.09 Å². The number of carbonyl (C=O) groups excluding carboxylic acids is 1. The Kier molecular flexibility index (Phi) is 3.32. The van der Waals surface area contributed by atoms with Crippen LogP contribution >= 0.6 is 0 Å². The Bertz CT molecular complexity index is 287. The standard InChI is InChI=1S/C12H22N2O3/c1-12(2,3)17-11(15)14-6-8-4-9(5-13)16-10(8)7-14/h8-10H,4-7,13H2,1-3H3/t8-,9-,10+/m1/s1. The fraction of sp³-hybridized carbons (Fsp3) is 0.917. The predicted octanol–water partition coefficient (Wildman–Crippen LogP) is 0.969. The molecule has 2 rings (SSSR count). The molecule has 5 nitrogen and oxygen atoms in total. The summed E-state index contributed by atoms with van der Waals surface area (Å²) in [6, 6.07) is 0. The monoisotopic (exact) mass is 242 g/mol. The minimum Gasteiger partial charge on any atom is -0.444 e. The molecule has 0 bridgehead atoms. The van der Waals surface area contributed by atoms with Gasteiger partial charge in [-0.05, 0) is 27.2 Å². The minimum absolute atomic E-state index is 0.149. The lowest BCUT2D eigenvalue weighted by Gasteiger charge is -2.25. The molecule has 2 saturated heterocycles. The molecule has 0 aromatic rings. The highest BCUT2D eigenvalue weighted by Gasteiger charge is 2.43. The molecule has 98 valence electrons. The lowest BCUT2D eigenvalue weighted by molar-refractivity contribution is 0.0149. The molecule has 0 radical (unpaired) electrons. The molecule has 2 heterocycles. The second kappa shape index (κ2) is 4.46. The number of ether oxygens (including phenoxy) is 2. The lowest BCUT2D eigenvalue weighted by Crippen LogP contribution is -2.37.